The Morgan fingerprint density at radius 2 is 1.85 bits per heavy atom. The molecule has 0 bridgehead atoms. The van der Waals surface area contributed by atoms with Gasteiger partial charge in [0.1, 0.15) is 0 Å². The number of aromatic nitrogens is 1. The van der Waals surface area contributed by atoms with Crippen molar-refractivity contribution in [3.8, 4) is 11.1 Å². The van der Waals surface area contributed by atoms with Gasteiger partial charge in [0.25, 0.3) is 0 Å². The van der Waals surface area contributed by atoms with Crippen LogP contribution in [0.25, 0.3) is 17.2 Å². The van der Waals surface area contributed by atoms with Gasteiger partial charge in [-0.15, -0.1) is 0 Å². The van der Waals surface area contributed by atoms with Crippen LogP contribution in [0.1, 0.15) is 17.2 Å². The van der Waals surface area contributed by atoms with E-state index in [0.29, 0.717) is 0 Å². The normalized spacial score (nSPS) is 12.0. The highest BCUT2D eigenvalue weighted by Crippen LogP contribution is 2.22. The number of nitrogens with one attached hydrogen (secondary N) is 1. The molecule has 0 saturated heterocycles. The van der Waals surface area contributed by atoms with Gasteiger partial charge >= 0.3 is 0 Å². The molecule has 1 unspecified atom stereocenters. The predicted octanol–water partition coefficient (Wildman–Crippen LogP) is 3.61. The van der Waals surface area contributed by atoms with Crippen LogP contribution in [0.2, 0.25) is 0 Å². The molecule has 0 radical (unpaired) electrons. The molecule has 2 aromatic carbocycles. The van der Waals surface area contributed by atoms with Gasteiger partial charge in [-0.3, -0.25) is 9.78 Å². The van der Waals surface area contributed by atoms with E-state index in [9.17, 15) is 9.90 Å². The monoisotopic (exact) mass is 344 g/mol. The summed E-state index contributed by atoms with van der Waals surface area (Å²) in [5, 5.41) is 12.6. The van der Waals surface area contributed by atoms with Crippen molar-refractivity contribution in [2.75, 3.05) is 6.61 Å². The van der Waals surface area contributed by atoms with Crippen LogP contribution in [0.15, 0.2) is 85.2 Å². The minimum atomic E-state index is -0.473. The third-order valence-electron chi connectivity index (χ3n) is 4.01. The molecule has 4 nitrogen and oxygen atoms in total. The highest BCUT2D eigenvalue weighted by Gasteiger charge is 2.13. The Morgan fingerprint density at radius 3 is 2.58 bits per heavy atom. The maximum atomic E-state index is 12.2. The Hall–Kier alpha value is -3.24. The lowest BCUT2D eigenvalue weighted by Crippen LogP contribution is -2.29. The van der Waals surface area contributed by atoms with Crippen molar-refractivity contribution in [3.05, 3.63) is 96.3 Å². The van der Waals surface area contributed by atoms with Crippen LogP contribution in [-0.2, 0) is 4.79 Å². The summed E-state index contributed by atoms with van der Waals surface area (Å²) in [6.45, 7) is -0.179. The number of aliphatic hydroxyl groups is 1. The van der Waals surface area contributed by atoms with E-state index < -0.39 is 6.04 Å². The molecule has 1 aromatic heterocycles. The number of rotatable bonds is 6. The third-order valence-corrected chi connectivity index (χ3v) is 4.01. The summed E-state index contributed by atoms with van der Waals surface area (Å²) in [6, 6.07) is 20.7. The molecule has 0 saturated carbocycles. The average molecular weight is 344 g/mol. The van der Waals surface area contributed by atoms with Gasteiger partial charge in [0.15, 0.2) is 0 Å². The van der Waals surface area contributed by atoms with Gasteiger partial charge in [-0.1, -0.05) is 54.6 Å². The van der Waals surface area contributed by atoms with Crippen molar-refractivity contribution in [1.29, 1.82) is 0 Å². The zero-order valence-electron chi connectivity index (χ0n) is 14.2. The average Bonchev–Trinajstić information content (AvgIpc) is 2.72. The van der Waals surface area contributed by atoms with Gasteiger partial charge in [-0.05, 0) is 40.5 Å². The van der Waals surface area contributed by atoms with E-state index in [1.165, 1.54) is 6.08 Å². The molecule has 3 aromatic rings. The number of nitrogens with zero attached hydrogens (tertiary/aromatic N) is 1. The van der Waals surface area contributed by atoms with E-state index in [-0.39, 0.29) is 12.5 Å². The number of benzene rings is 2. The summed E-state index contributed by atoms with van der Waals surface area (Å²) in [7, 11) is 0. The first kappa shape index (κ1) is 17.6. The molecule has 0 aliphatic heterocycles. The van der Waals surface area contributed by atoms with Gasteiger partial charge in [0, 0.05) is 18.5 Å². The van der Waals surface area contributed by atoms with E-state index in [1.54, 1.807) is 18.5 Å². The Balaban J connectivity index is 1.73. The first-order chi connectivity index (χ1) is 12.8. The Bertz CT molecular complexity index is 877. The molecule has 1 atom stereocenters. The fourth-order valence-electron chi connectivity index (χ4n) is 2.66. The number of carbonyl (C=O) groups excluding carboxylic acids is 1. The predicted molar refractivity (Wildman–Crippen MR) is 103 cm³/mol. The van der Waals surface area contributed by atoms with E-state index in [2.05, 4.69) is 10.3 Å². The summed E-state index contributed by atoms with van der Waals surface area (Å²) in [6.07, 6.45) is 6.73. The van der Waals surface area contributed by atoms with Gasteiger partial charge < -0.3 is 10.4 Å². The topological polar surface area (TPSA) is 62.2 Å². The lowest BCUT2D eigenvalue weighted by atomic mass is 10.0. The van der Waals surface area contributed by atoms with E-state index in [0.717, 1.165) is 22.3 Å². The summed E-state index contributed by atoms with van der Waals surface area (Å²) in [5.41, 5.74) is 3.77. The minimum absolute atomic E-state index is 0.179. The maximum Gasteiger partial charge on any atom is 0.244 e. The third kappa shape index (κ3) is 4.65. The molecule has 0 aliphatic rings. The van der Waals surface area contributed by atoms with Crippen LogP contribution in [-0.4, -0.2) is 22.6 Å². The van der Waals surface area contributed by atoms with E-state index in [4.69, 9.17) is 0 Å². The first-order valence-corrected chi connectivity index (χ1v) is 8.41. The number of aliphatic hydroxyl groups excluding tert-OH is 1. The van der Waals surface area contributed by atoms with Gasteiger partial charge in [0.2, 0.25) is 5.91 Å². The summed E-state index contributed by atoms with van der Waals surface area (Å²) >= 11 is 0. The van der Waals surface area contributed by atoms with Gasteiger partial charge in [0.05, 0.1) is 12.6 Å². The highest BCUT2D eigenvalue weighted by atomic mass is 16.3. The fourth-order valence-corrected chi connectivity index (χ4v) is 2.66. The molecule has 130 valence electrons. The molecule has 1 amide bonds. The molecule has 4 heteroatoms. The van der Waals surface area contributed by atoms with Gasteiger partial charge in [-0.2, -0.15) is 0 Å². The summed E-state index contributed by atoms with van der Waals surface area (Å²) < 4.78 is 0. The number of carbonyl (C=O) groups is 1. The second-order valence-electron chi connectivity index (χ2n) is 5.85. The standard InChI is InChI=1S/C22H20N2O2/c25-16-21(24-22(26)12-11-17-6-2-1-3-7-17)19-9-4-8-18(14-19)20-10-5-13-23-15-20/h1-15,21,25H,16H2,(H,24,26)/b12-11+. The lowest BCUT2D eigenvalue weighted by Gasteiger charge is -2.16. The van der Waals surface area contributed by atoms with Crippen LogP contribution >= 0.6 is 0 Å². The van der Waals surface area contributed by atoms with Gasteiger partial charge in [-0.25, -0.2) is 0 Å². The molecular formula is C22H20N2O2. The fraction of sp³-hybridized carbons (Fsp3) is 0.0909. The number of hydrogen-bond donors (Lipinski definition) is 2. The second-order valence-corrected chi connectivity index (χ2v) is 5.85. The second kappa shape index (κ2) is 8.74. The molecule has 0 spiro atoms. The van der Waals surface area contributed by atoms with Crippen LogP contribution in [0, 0.1) is 0 Å². The molecular weight excluding hydrogens is 324 g/mol. The van der Waals surface area contributed by atoms with Crippen LogP contribution < -0.4 is 5.32 Å². The zero-order valence-corrected chi connectivity index (χ0v) is 14.2. The van der Waals surface area contributed by atoms with E-state index in [1.807, 2.05) is 66.7 Å². The Kier molecular flexibility index (Phi) is 5.91. The van der Waals surface area contributed by atoms with Crippen LogP contribution in [0.3, 0.4) is 0 Å². The SMILES string of the molecule is O=C(/C=C/c1ccccc1)NC(CO)c1cccc(-c2cccnc2)c1. The summed E-state index contributed by atoms with van der Waals surface area (Å²) in [5.74, 6) is -0.250. The first-order valence-electron chi connectivity index (χ1n) is 8.41. The molecule has 3 rings (SSSR count). The summed E-state index contributed by atoms with van der Waals surface area (Å²) in [4.78, 5) is 16.3. The van der Waals surface area contributed by atoms with Crippen molar-refractivity contribution in [1.82, 2.24) is 10.3 Å². The lowest BCUT2D eigenvalue weighted by molar-refractivity contribution is -0.117. The van der Waals surface area contributed by atoms with Crippen LogP contribution in [0.5, 0.6) is 0 Å². The van der Waals surface area contributed by atoms with Crippen molar-refractivity contribution in [2.45, 2.75) is 6.04 Å². The van der Waals surface area contributed by atoms with Crippen molar-refractivity contribution in [2.24, 2.45) is 0 Å². The highest BCUT2D eigenvalue weighted by molar-refractivity contribution is 5.92. The number of hydrogen-bond acceptors (Lipinski definition) is 3. The number of pyridine rings is 1. The molecule has 0 aliphatic carbocycles. The number of amides is 1. The molecule has 2 N–H and O–H groups in total. The molecule has 26 heavy (non-hydrogen) atoms. The maximum absolute atomic E-state index is 12.2. The Labute approximate surface area is 152 Å². The Morgan fingerprint density at radius 1 is 1.04 bits per heavy atom. The molecule has 1 heterocycles. The smallest absolute Gasteiger partial charge is 0.244 e. The quantitative estimate of drug-likeness (QED) is 0.672. The largest absolute Gasteiger partial charge is 0.394 e. The zero-order chi connectivity index (χ0) is 18.2. The van der Waals surface area contributed by atoms with E-state index >= 15 is 0 Å². The molecule has 0 fully saturated rings. The van der Waals surface area contributed by atoms with Crippen molar-refractivity contribution < 1.29 is 9.90 Å². The van der Waals surface area contributed by atoms with Crippen LogP contribution in [0.4, 0.5) is 0 Å². The van der Waals surface area contributed by atoms with Crippen molar-refractivity contribution >= 4 is 12.0 Å². The minimum Gasteiger partial charge on any atom is -0.394 e. The van der Waals surface area contributed by atoms with Crippen molar-refractivity contribution in [3.63, 3.8) is 0 Å².